The average Bonchev–Trinajstić information content (AvgIpc) is 2.89. The Bertz CT molecular complexity index is 716. The first-order chi connectivity index (χ1) is 9.76. The molecule has 2 N–H and O–H groups in total. The van der Waals surface area contributed by atoms with Crippen molar-refractivity contribution >= 4 is 11.0 Å². The summed E-state index contributed by atoms with van der Waals surface area (Å²) >= 11 is 0. The first kappa shape index (κ1) is 12.8. The van der Waals surface area contributed by atoms with E-state index in [1.807, 2.05) is 6.07 Å². The molecule has 3 aromatic rings. The van der Waals surface area contributed by atoms with Gasteiger partial charge in [0.05, 0.1) is 11.0 Å². The van der Waals surface area contributed by atoms with Crippen LogP contribution in [0, 0.1) is 5.82 Å². The van der Waals surface area contributed by atoms with E-state index in [0.717, 1.165) is 35.5 Å². The zero-order valence-corrected chi connectivity index (χ0v) is 11.3. The molecule has 2 aromatic carbocycles. The first-order valence-electron chi connectivity index (χ1n) is 6.71. The van der Waals surface area contributed by atoms with Gasteiger partial charge in [0.25, 0.3) is 0 Å². The second-order valence-electron chi connectivity index (χ2n) is 4.72. The number of hydrogen-bond acceptors (Lipinski definition) is 2. The number of fused-ring (bicyclic) bond motifs is 1. The van der Waals surface area contributed by atoms with Gasteiger partial charge in [-0.25, -0.2) is 9.37 Å². The van der Waals surface area contributed by atoms with Crippen LogP contribution in [-0.2, 0) is 6.54 Å². The molecule has 4 heteroatoms. The molecule has 0 fully saturated rings. The Morgan fingerprint density at radius 2 is 1.95 bits per heavy atom. The van der Waals surface area contributed by atoms with Crippen LogP contribution in [0.5, 0.6) is 0 Å². The fraction of sp³-hybridized carbons (Fsp3) is 0.188. The van der Waals surface area contributed by atoms with Crippen LogP contribution in [0.1, 0.15) is 12.5 Å². The SMILES string of the molecule is CCNCc1ccc2nc(-c3ccc(F)cc3)[nH]c2c1. The van der Waals surface area contributed by atoms with Crippen LogP contribution in [-0.4, -0.2) is 16.5 Å². The van der Waals surface area contributed by atoms with Crippen molar-refractivity contribution in [3.8, 4) is 11.4 Å². The molecule has 0 radical (unpaired) electrons. The van der Waals surface area contributed by atoms with E-state index in [2.05, 4.69) is 34.3 Å². The van der Waals surface area contributed by atoms with Crippen molar-refractivity contribution in [1.29, 1.82) is 0 Å². The lowest BCUT2D eigenvalue weighted by molar-refractivity contribution is 0.628. The van der Waals surface area contributed by atoms with Crippen LogP contribution in [0.15, 0.2) is 42.5 Å². The third-order valence-corrected chi connectivity index (χ3v) is 3.24. The van der Waals surface area contributed by atoms with Gasteiger partial charge in [0.1, 0.15) is 11.6 Å². The van der Waals surface area contributed by atoms with Crippen LogP contribution < -0.4 is 5.32 Å². The smallest absolute Gasteiger partial charge is 0.138 e. The van der Waals surface area contributed by atoms with E-state index < -0.39 is 0 Å². The molecule has 20 heavy (non-hydrogen) atoms. The van der Waals surface area contributed by atoms with Crippen molar-refractivity contribution < 1.29 is 4.39 Å². The van der Waals surface area contributed by atoms with Crippen molar-refractivity contribution in [3.63, 3.8) is 0 Å². The normalized spacial score (nSPS) is 11.1. The molecule has 0 aliphatic heterocycles. The molecule has 1 aromatic heterocycles. The highest BCUT2D eigenvalue weighted by atomic mass is 19.1. The highest BCUT2D eigenvalue weighted by Crippen LogP contribution is 2.21. The van der Waals surface area contributed by atoms with Gasteiger partial charge in [-0.3, -0.25) is 0 Å². The van der Waals surface area contributed by atoms with E-state index in [-0.39, 0.29) is 5.82 Å². The molecule has 0 aliphatic carbocycles. The summed E-state index contributed by atoms with van der Waals surface area (Å²) in [6.07, 6.45) is 0. The van der Waals surface area contributed by atoms with Crippen LogP contribution in [0.3, 0.4) is 0 Å². The average molecular weight is 269 g/mol. The number of rotatable bonds is 4. The summed E-state index contributed by atoms with van der Waals surface area (Å²) in [4.78, 5) is 7.82. The minimum atomic E-state index is -0.238. The second-order valence-corrected chi connectivity index (χ2v) is 4.72. The number of benzene rings is 2. The van der Waals surface area contributed by atoms with Gasteiger partial charge < -0.3 is 10.3 Å². The molecule has 0 aliphatic rings. The zero-order valence-electron chi connectivity index (χ0n) is 11.3. The monoisotopic (exact) mass is 269 g/mol. The predicted octanol–water partition coefficient (Wildman–Crippen LogP) is 3.48. The van der Waals surface area contributed by atoms with E-state index in [9.17, 15) is 4.39 Å². The van der Waals surface area contributed by atoms with E-state index in [1.165, 1.54) is 17.7 Å². The molecule has 102 valence electrons. The number of H-pyrrole nitrogens is 1. The molecule has 3 nitrogen and oxygen atoms in total. The standard InChI is InChI=1S/C16H16FN3/c1-2-18-10-11-3-8-14-15(9-11)20-16(19-14)12-4-6-13(17)7-5-12/h3-9,18H,2,10H2,1H3,(H,19,20). The Labute approximate surface area is 116 Å². The Balaban J connectivity index is 1.95. The minimum absolute atomic E-state index is 0.238. The van der Waals surface area contributed by atoms with Crippen LogP contribution in [0.4, 0.5) is 4.39 Å². The summed E-state index contributed by atoms with van der Waals surface area (Å²) in [5.74, 6) is 0.526. The van der Waals surface area contributed by atoms with Crippen molar-refractivity contribution in [1.82, 2.24) is 15.3 Å². The highest BCUT2D eigenvalue weighted by Gasteiger charge is 2.06. The molecule has 0 spiro atoms. The number of nitrogens with one attached hydrogen (secondary N) is 2. The van der Waals surface area contributed by atoms with E-state index in [1.54, 1.807) is 12.1 Å². The lowest BCUT2D eigenvalue weighted by Crippen LogP contribution is -2.11. The quantitative estimate of drug-likeness (QED) is 0.761. The lowest BCUT2D eigenvalue weighted by Gasteiger charge is -2.00. The second kappa shape index (κ2) is 5.43. The van der Waals surface area contributed by atoms with Gasteiger partial charge >= 0.3 is 0 Å². The van der Waals surface area contributed by atoms with Gasteiger partial charge in [0.15, 0.2) is 0 Å². The highest BCUT2D eigenvalue weighted by molar-refractivity contribution is 5.80. The molecular weight excluding hydrogens is 253 g/mol. The first-order valence-corrected chi connectivity index (χ1v) is 6.71. The lowest BCUT2D eigenvalue weighted by atomic mass is 10.2. The van der Waals surface area contributed by atoms with Crippen LogP contribution in [0.2, 0.25) is 0 Å². The maximum atomic E-state index is 12.9. The maximum Gasteiger partial charge on any atom is 0.138 e. The summed E-state index contributed by atoms with van der Waals surface area (Å²) in [5, 5.41) is 3.30. The fourth-order valence-corrected chi connectivity index (χ4v) is 2.18. The van der Waals surface area contributed by atoms with Gasteiger partial charge in [-0.2, -0.15) is 0 Å². The topological polar surface area (TPSA) is 40.7 Å². The molecule has 0 unspecified atom stereocenters. The van der Waals surface area contributed by atoms with Crippen molar-refractivity contribution in [3.05, 3.63) is 53.8 Å². The molecule has 0 amide bonds. The minimum Gasteiger partial charge on any atom is -0.338 e. The molecule has 0 atom stereocenters. The van der Waals surface area contributed by atoms with Gasteiger partial charge in [0.2, 0.25) is 0 Å². The number of aromatic nitrogens is 2. The van der Waals surface area contributed by atoms with Crippen molar-refractivity contribution in [2.24, 2.45) is 0 Å². The third-order valence-electron chi connectivity index (χ3n) is 3.24. The molecule has 3 rings (SSSR count). The molecular formula is C16H16FN3. The summed E-state index contributed by atoms with van der Waals surface area (Å²) < 4.78 is 12.9. The maximum absolute atomic E-state index is 12.9. The number of imidazole rings is 1. The Kier molecular flexibility index (Phi) is 3.48. The van der Waals surface area contributed by atoms with Crippen molar-refractivity contribution in [2.45, 2.75) is 13.5 Å². The summed E-state index contributed by atoms with van der Waals surface area (Å²) in [6.45, 7) is 3.88. The number of aromatic amines is 1. The van der Waals surface area contributed by atoms with Gasteiger partial charge in [-0.05, 0) is 48.5 Å². The van der Waals surface area contributed by atoms with Crippen molar-refractivity contribution in [2.75, 3.05) is 6.54 Å². The van der Waals surface area contributed by atoms with Gasteiger partial charge in [0, 0.05) is 12.1 Å². The number of nitrogens with zero attached hydrogens (tertiary/aromatic N) is 1. The largest absolute Gasteiger partial charge is 0.338 e. The molecule has 0 saturated carbocycles. The molecule has 0 saturated heterocycles. The van der Waals surface area contributed by atoms with E-state index in [4.69, 9.17) is 0 Å². The predicted molar refractivity (Wildman–Crippen MR) is 78.9 cm³/mol. The summed E-state index contributed by atoms with van der Waals surface area (Å²) in [7, 11) is 0. The van der Waals surface area contributed by atoms with Crippen LogP contribution in [0.25, 0.3) is 22.4 Å². The Morgan fingerprint density at radius 3 is 2.70 bits per heavy atom. The molecule has 0 bridgehead atoms. The summed E-state index contributed by atoms with van der Waals surface area (Å²) in [5.41, 5.74) is 4.02. The fourth-order valence-electron chi connectivity index (χ4n) is 2.18. The Hall–Kier alpha value is -2.20. The third kappa shape index (κ3) is 2.56. The van der Waals surface area contributed by atoms with Gasteiger partial charge in [-0.1, -0.05) is 13.0 Å². The Morgan fingerprint density at radius 1 is 1.15 bits per heavy atom. The number of halogens is 1. The van der Waals surface area contributed by atoms with E-state index in [0.29, 0.717) is 0 Å². The number of hydrogen-bond donors (Lipinski definition) is 2. The summed E-state index contributed by atoms with van der Waals surface area (Å²) in [6, 6.07) is 12.5. The van der Waals surface area contributed by atoms with Crippen LogP contribution >= 0.6 is 0 Å². The van der Waals surface area contributed by atoms with Gasteiger partial charge in [-0.15, -0.1) is 0 Å². The zero-order chi connectivity index (χ0) is 13.9. The molecule has 1 heterocycles. The van der Waals surface area contributed by atoms with E-state index >= 15 is 0 Å².